The molecule has 3 heterocycles. The monoisotopic (exact) mass is 318 g/mol. The van der Waals surface area contributed by atoms with Gasteiger partial charge in [0.25, 0.3) is 0 Å². The molecule has 0 radical (unpaired) electrons. The Labute approximate surface area is 137 Å². The second-order valence-electron chi connectivity index (χ2n) is 6.86. The van der Waals surface area contributed by atoms with Crippen molar-refractivity contribution in [2.75, 3.05) is 19.6 Å². The van der Waals surface area contributed by atoms with Crippen molar-refractivity contribution < 1.29 is 4.52 Å². The van der Waals surface area contributed by atoms with E-state index in [0.717, 1.165) is 56.6 Å². The molecular weight excluding hydrogens is 292 g/mol. The first-order valence-electron chi connectivity index (χ1n) is 8.51. The Kier molecular flexibility index (Phi) is 5.05. The molecule has 1 unspecified atom stereocenters. The van der Waals surface area contributed by atoms with Gasteiger partial charge in [0.2, 0.25) is 5.89 Å². The van der Waals surface area contributed by atoms with Gasteiger partial charge in [-0.25, -0.2) is 0 Å². The van der Waals surface area contributed by atoms with Gasteiger partial charge in [-0.2, -0.15) is 4.98 Å². The quantitative estimate of drug-likeness (QED) is 0.811. The zero-order chi connectivity index (χ0) is 16.2. The molecule has 0 bridgehead atoms. The molecule has 23 heavy (non-hydrogen) atoms. The summed E-state index contributed by atoms with van der Waals surface area (Å²) in [5.41, 5.74) is 0. The van der Waals surface area contributed by atoms with Crippen molar-refractivity contribution in [2.24, 2.45) is 5.92 Å². The third kappa shape index (κ3) is 4.16. The Bertz CT molecular complexity index is 620. The van der Waals surface area contributed by atoms with Crippen molar-refractivity contribution >= 4 is 0 Å². The lowest BCUT2D eigenvalue weighted by atomic mass is 9.98. The van der Waals surface area contributed by atoms with E-state index in [1.165, 1.54) is 6.42 Å². The SMILES string of the molecule is Cc1nncn1CCN1CCCC(c2nc(CC(C)C)no2)C1. The molecule has 0 saturated carbocycles. The largest absolute Gasteiger partial charge is 0.339 e. The van der Waals surface area contributed by atoms with Gasteiger partial charge in [0.05, 0.1) is 5.92 Å². The summed E-state index contributed by atoms with van der Waals surface area (Å²) in [7, 11) is 0. The van der Waals surface area contributed by atoms with Crippen LogP contribution in [0.1, 0.15) is 50.1 Å². The minimum absolute atomic E-state index is 0.360. The molecule has 1 aliphatic heterocycles. The number of nitrogens with zero attached hydrogens (tertiary/aromatic N) is 6. The van der Waals surface area contributed by atoms with Crippen LogP contribution < -0.4 is 0 Å². The summed E-state index contributed by atoms with van der Waals surface area (Å²) in [6, 6.07) is 0. The molecule has 2 aromatic heterocycles. The normalized spacial score (nSPS) is 19.6. The first kappa shape index (κ1) is 16.1. The maximum absolute atomic E-state index is 5.51. The summed E-state index contributed by atoms with van der Waals surface area (Å²) in [6.07, 6.45) is 4.99. The van der Waals surface area contributed by atoms with E-state index >= 15 is 0 Å². The average Bonchev–Trinajstić information content (AvgIpc) is 3.14. The van der Waals surface area contributed by atoms with Crippen LogP contribution in [-0.4, -0.2) is 49.4 Å². The Morgan fingerprint density at radius 2 is 2.22 bits per heavy atom. The van der Waals surface area contributed by atoms with Crippen molar-refractivity contribution in [3.63, 3.8) is 0 Å². The van der Waals surface area contributed by atoms with Crippen molar-refractivity contribution in [1.82, 2.24) is 29.8 Å². The van der Waals surface area contributed by atoms with Crippen LogP contribution in [-0.2, 0) is 13.0 Å². The van der Waals surface area contributed by atoms with Crippen LogP contribution in [0, 0.1) is 12.8 Å². The van der Waals surface area contributed by atoms with E-state index in [-0.39, 0.29) is 0 Å². The predicted molar refractivity (Wildman–Crippen MR) is 86.0 cm³/mol. The summed E-state index contributed by atoms with van der Waals surface area (Å²) < 4.78 is 7.60. The molecule has 0 N–H and O–H groups in total. The second-order valence-corrected chi connectivity index (χ2v) is 6.86. The minimum atomic E-state index is 0.360. The number of aromatic nitrogens is 5. The highest BCUT2D eigenvalue weighted by atomic mass is 16.5. The van der Waals surface area contributed by atoms with Crippen molar-refractivity contribution in [2.45, 2.75) is 52.5 Å². The predicted octanol–water partition coefficient (Wildman–Crippen LogP) is 2.05. The number of hydrogen-bond donors (Lipinski definition) is 0. The van der Waals surface area contributed by atoms with Gasteiger partial charge in [-0.1, -0.05) is 19.0 Å². The van der Waals surface area contributed by atoms with E-state index in [0.29, 0.717) is 11.8 Å². The Morgan fingerprint density at radius 3 is 2.96 bits per heavy atom. The standard InChI is InChI=1S/C16H26N6O/c1-12(2)9-15-18-16(23-20-15)14-5-4-6-21(10-14)7-8-22-11-17-19-13(22)3/h11-12,14H,4-10H2,1-3H3. The maximum atomic E-state index is 5.51. The van der Waals surface area contributed by atoms with E-state index in [1.807, 2.05) is 6.92 Å². The molecule has 1 fully saturated rings. The number of rotatable bonds is 6. The fourth-order valence-corrected chi connectivity index (χ4v) is 3.12. The van der Waals surface area contributed by atoms with Gasteiger partial charge in [0.15, 0.2) is 5.82 Å². The average molecular weight is 318 g/mol. The highest BCUT2D eigenvalue weighted by Gasteiger charge is 2.26. The fraction of sp³-hybridized carbons (Fsp3) is 0.750. The van der Waals surface area contributed by atoms with Crippen LogP contribution in [0.5, 0.6) is 0 Å². The van der Waals surface area contributed by atoms with E-state index in [1.54, 1.807) is 6.33 Å². The first-order chi connectivity index (χ1) is 11.1. The van der Waals surface area contributed by atoms with Gasteiger partial charge in [-0.3, -0.25) is 0 Å². The lowest BCUT2D eigenvalue weighted by molar-refractivity contribution is 0.181. The molecule has 7 heteroatoms. The minimum Gasteiger partial charge on any atom is -0.339 e. The van der Waals surface area contributed by atoms with Crippen molar-refractivity contribution in [1.29, 1.82) is 0 Å². The molecule has 0 spiro atoms. The topological polar surface area (TPSA) is 72.9 Å². The highest BCUT2D eigenvalue weighted by Crippen LogP contribution is 2.25. The number of piperidine rings is 1. The number of likely N-dealkylation sites (tertiary alicyclic amines) is 1. The van der Waals surface area contributed by atoms with Gasteiger partial charge in [-0.05, 0) is 32.2 Å². The third-order valence-corrected chi connectivity index (χ3v) is 4.40. The molecule has 0 aromatic carbocycles. The van der Waals surface area contributed by atoms with Gasteiger partial charge in [0.1, 0.15) is 12.2 Å². The third-order valence-electron chi connectivity index (χ3n) is 4.40. The van der Waals surface area contributed by atoms with Crippen LogP contribution in [0.4, 0.5) is 0 Å². The molecular formula is C16H26N6O. The Morgan fingerprint density at radius 1 is 1.35 bits per heavy atom. The number of hydrogen-bond acceptors (Lipinski definition) is 6. The highest BCUT2D eigenvalue weighted by molar-refractivity contribution is 4.98. The zero-order valence-electron chi connectivity index (χ0n) is 14.3. The van der Waals surface area contributed by atoms with Crippen molar-refractivity contribution in [3.05, 3.63) is 23.9 Å². The zero-order valence-corrected chi connectivity index (χ0v) is 14.3. The molecule has 0 amide bonds. The molecule has 1 atom stereocenters. The molecule has 0 aliphatic carbocycles. The summed E-state index contributed by atoms with van der Waals surface area (Å²) in [5, 5.41) is 12.1. The van der Waals surface area contributed by atoms with Gasteiger partial charge < -0.3 is 14.0 Å². The van der Waals surface area contributed by atoms with E-state index in [4.69, 9.17) is 4.52 Å². The molecule has 3 rings (SSSR count). The lowest BCUT2D eigenvalue weighted by Crippen LogP contribution is -2.36. The number of aryl methyl sites for hydroxylation is 1. The molecule has 1 aliphatic rings. The Hall–Kier alpha value is -1.76. The van der Waals surface area contributed by atoms with Gasteiger partial charge in [-0.15, -0.1) is 10.2 Å². The first-order valence-corrected chi connectivity index (χ1v) is 8.51. The van der Waals surface area contributed by atoms with Crippen molar-refractivity contribution in [3.8, 4) is 0 Å². The molecule has 7 nitrogen and oxygen atoms in total. The van der Waals surface area contributed by atoms with E-state index in [9.17, 15) is 0 Å². The van der Waals surface area contributed by atoms with Crippen LogP contribution in [0.3, 0.4) is 0 Å². The Balaban J connectivity index is 1.55. The van der Waals surface area contributed by atoms with Crippen LogP contribution in [0.25, 0.3) is 0 Å². The maximum Gasteiger partial charge on any atom is 0.231 e. The summed E-state index contributed by atoms with van der Waals surface area (Å²) >= 11 is 0. The van der Waals surface area contributed by atoms with Gasteiger partial charge in [0, 0.05) is 26.1 Å². The second kappa shape index (κ2) is 7.21. The summed E-state index contributed by atoms with van der Waals surface area (Å²) in [4.78, 5) is 7.08. The van der Waals surface area contributed by atoms with Gasteiger partial charge >= 0.3 is 0 Å². The molecule has 126 valence electrons. The van der Waals surface area contributed by atoms with E-state index < -0.39 is 0 Å². The smallest absolute Gasteiger partial charge is 0.231 e. The van der Waals surface area contributed by atoms with E-state index in [2.05, 4.69) is 43.7 Å². The van der Waals surface area contributed by atoms with Crippen LogP contribution in [0.2, 0.25) is 0 Å². The molecule has 2 aromatic rings. The summed E-state index contributed by atoms with van der Waals surface area (Å²) in [5.74, 6) is 3.53. The fourth-order valence-electron chi connectivity index (χ4n) is 3.12. The van der Waals surface area contributed by atoms with Crippen LogP contribution in [0.15, 0.2) is 10.9 Å². The van der Waals surface area contributed by atoms with Crippen LogP contribution >= 0.6 is 0 Å². The summed E-state index contributed by atoms with van der Waals surface area (Å²) in [6.45, 7) is 10.4. The lowest BCUT2D eigenvalue weighted by Gasteiger charge is -2.30. The molecule has 1 saturated heterocycles.